The molecule has 0 aliphatic carbocycles. The maximum atomic E-state index is 12.8. The van der Waals surface area contributed by atoms with Gasteiger partial charge in [-0.2, -0.15) is 0 Å². The van der Waals surface area contributed by atoms with Crippen molar-refractivity contribution in [3.8, 4) is 11.5 Å². The first-order valence-electron chi connectivity index (χ1n) is 10.8. The second-order valence-corrected chi connectivity index (χ2v) is 8.39. The smallest absolute Gasteiger partial charge is 0.336 e. The number of hydrogen-bond donors (Lipinski definition) is 2. The summed E-state index contributed by atoms with van der Waals surface area (Å²) in [5.41, 5.74) is 1.75. The van der Waals surface area contributed by atoms with Crippen LogP contribution in [0.5, 0.6) is 11.5 Å². The molecule has 170 valence electrons. The lowest BCUT2D eigenvalue weighted by molar-refractivity contribution is 0.0692. The fourth-order valence-electron chi connectivity index (χ4n) is 3.27. The van der Waals surface area contributed by atoms with E-state index in [1.54, 1.807) is 38.1 Å². The summed E-state index contributed by atoms with van der Waals surface area (Å²) in [6.45, 7) is 7.74. The molecule has 33 heavy (non-hydrogen) atoms. The molecule has 0 spiro atoms. The van der Waals surface area contributed by atoms with E-state index in [1.165, 1.54) is 23.8 Å². The molecule has 0 heterocycles. The van der Waals surface area contributed by atoms with Gasteiger partial charge < -0.3 is 15.2 Å². The standard InChI is InChI=1S/C27H27NO5/c1-16(2)18-5-10-21(11-6-18)33-22-12-8-20(9-13-22)28-26(30)24-15-19(25(29)17(3)4)7-14-23(24)27(31)32/h5-17H,1-4H3,(H,28,30)(H,31,32). The predicted molar refractivity (Wildman–Crippen MR) is 128 cm³/mol. The average Bonchev–Trinajstić information content (AvgIpc) is 2.79. The summed E-state index contributed by atoms with van der Waals surface area (Å²) in [6.07, 6.45) is 0. The van der Waals surface area contributed by atoms with Gasteiger partial charge in [0.2, 0.25) is 0 Å². The van der Waals surface area contributed by atoms with Crippen molar-refractivity contribution in [1.29, 1.82) is 0 Å². The monoisotopic (exact) mass is 445 g/mol. The van der Waals surface area contributed by atoms with Crippen LogP contribution in [0, 0.1) is 5.92 Å². The summed E-state index contributed by atoms with van der Waals surface area (Å²) >= 11 is 0. The van der Waals surface area contributed by atoms with E-state index in [0.29, 0.717) is 28.7 Å². The zero-order chi connectivity index (χ0) is 24.1. The van der Waals surface area contributed by atoms with Gasteiger partial charge in [-0.1, -0.05) is 45.9 Å². The highest BCUT2D eigenvalue weighted by atomic mass is 16.5. The van der Waals surface area contributed by atoms with Gasteiger partial charge in [-0.3, -0.25) is 9.59 Å². The van der Waals surface area contributed by atoms with E-state index in [2.05, 4.69) is 19.2 Å². The van der Waals surface area contributed by atoms with Crippen molar-refractivity contribution in [3.63, 3.8) is 0 Å². The molecule has 0 unspecified atom stereocenters. The number of carboxylic acids is 1. The van der Waals surface area contributed by atoms with E-state index in [-0.39, 0.29) is 22.8 Å². The van der Waals surface area contributed by atoms with Crippen LogP contribution in [-0.2, 0) is 0 Å². The number of aromatic carboxylic acids is 1. The molecule has 0 aliphatic heterocycles. The third-order valence-corrected chi connectivity index (χ3v) is 5.20. The fraction of sp³-hybridized carbons (Fsp3) is 0.222. The molecule has 0 radical (unpaired) electrons. The highest BCUT2D eigenvalue weighted by Gasteiger charge is 2.20. The fourth-order valence-corrected chi connectivity index (χ4v) is 3.27. The van der Waals surface area contributed by atoms with Crippen LogP contribution in [0.15, 0.2) is 66.7 Å². The SMILES string of the molecule is CC(C)C(=O)c1ccc(C(=O)O)c(C(=O)Nc2ccc(Oc3ccc(C(C)C)cc3)cc2)c1. The van der Waals surface area contributed by atoms with Crippen LogP contribution in [-0.4, -0.2) is 22.8 Å². The van der Waals surface area contributed by atoms with Crippen molar-refractivity contribution in [2.75, 3.05) is 5.32 Å². The highest BCUT2D eigenvalue weighted by molar-refractivity contribution is 6.12. The zero-order valence-corrected chi connectivity index (χ0v) is 19.1. The summed E-state index contributed by atoms with van der Waals surface area (Å²) in [7, 11) is 0. The van der Waals surface area contributed by atoms with E-state index < -0.39 is 11.9 Å². The van der Waals surface area contributed by atoms with Crippen molar-refractivity contribution in [3.05, 3.63) is 89.0 Å². The number of amides is 1. The van der Waals surface area contributed by atoms with Gasteiger partial charge in [-0.25, -0.2) is 4.79 Å². The number of benzene rings is 3. The molecule has 0 saturated heterocycles. The number of carbonyl (C=O) groups is 3. The Balaban J connectivity index is 1.75. The Morgan fingerprint density at radius 3 is 1.88 bits per heavy atom. The number of hydrogen-bond acceptors (Lipinski definition) is 4. The molecule has 6 nitrogen and oxygen atoms in total. The first-order valence-corrected chi connectivity index (χ1v) is 10.8. The van der Waals surface area contributed by atoms with Crippen molar-refractivity contribution in [2.45, 2.75) is 33.6 Å². The van der Waals surface area contributed by atoms with Gasteiger partial charge in [0, 0.05) is 17.2 Å². The normalized spacial score (nSPS) is 10.8. The second-order valence-electron chi connectivity index (χ2n) is 8.39. The Labute approximate surface area is 193 Å². The molecular weight excluding hydrogens is 418 g/mol. The van der Waals surface area contributed by atoms with E-state index in [1.807, 2.05) is 24.3 Å². The number of carboxylic acid groups (broad SMARTS) is 1. The third-order valence-electron chi connectivity index (χ3n) is 5.20. The van der Waals surface area contributed by atoms with Crippen LogP contribution >= 0.6 is 0 Å². The summed E-state index contributed by atoms with van der Waals surface area (Å²) in [6, 6.07) is 18.7. The highest BCUT2D eigenvalue weighted by Crippen LogP contribution is 2.25. The summed E-state index contributed by atoms with van der Waals surface area (Å²) in [4.78, 5) is 36.7. The number of ketones is 1. The van der Waals surface area contributed by atoms with Gasteiger partial charge in [-0.05, 0) is 60.0 Å². The summed E-state index contributed by atoms with van der Waals surface area (Å²) < 4.78 is 5.84. The molecule has 3 rings (SSSR count). The lowest BCUT2D eigenvalue weighted by Crippen LogP contribution is -2.18. The van der Waals surface area contributed by atoms with Gasteiger partial charge in [0.15, 0.2) is 5.78 Å². The lowest BCUT2D eigenvalue weighted by Gasteiger charge is -2.12. The summed E-state index contributed by atoms with van der Waals surface area (Å²) in [5.74, 6) is -0.544. The van der Waals surface area contributed by atoms with E-state index in [0.717, 1.165) is 0 Å². The maximum Gasteiger partial charge on any atom is 0.336 e. The van der Waals surface area contributed by atoms with Crippen LogP contribution in [0.2, 0.25) is 0 Å². The molecule has 0 bridgehead atoms. The predicted octanol–water partition coefficient (Wildman–Crippen LogP) is 6.39. The van der Waals surface area contributed by atoms with E-state index in [9.17, 15) is 19.5 Å². The Morgan fingerprint density at radius 1 is 0.788 bits per heavy atom. The lowest BCUT2D eigenvalue weighted by atomic mass is 9.96. The maximum absolute atomic E-state index is 12.8. The molecule has 0 aliphatic rings. The Kier molecular flexibility index (Phi) is 7.28. The molecule has 0 atom stereocenters. The van der Waals surface area contributed by atoms with Crippen LogP contribution < -0.4 is 10.1 Å². The molecule has 0 fully saturated rings. The van der Waals surface area contributed by atoms with Crippen molar-refractivity contribution < 1.29 is 24.2 Å². The van der Waals surface area contributed by atoms with E-state index in [4.69, 9.17) is 4.74 Å². The quantitative estimate of drug-likeness (QED) is 0.392. The van der Waals surface area contributed by atoms with Crippen LogP contribution in [0.1, 0.15) is 70.3 Å². The molecule has 0 aromatic heterocycles. The number of rotatable bonds is 8. The first kappa shape index (κ1) is 23.7. The van der Waals surface area contributed by atoms with Gasteiger partial charge in [0.05, 0.1) is 11.1 Å². The number of anilines is 1. The largest absolute Gasteiger partial charge is 0.478 e. The number of Topliss-reactive ketones (excluding diaryl/α,β-unsaturated/α-hetero) is 1. The van der Waals surface area contributed by atoms with Crippen molar-refractivity contribution in [1.82, 2.24) is 0 Å². The van der Waals surface area contributed by atoms with Crippen molar-refractivity contribution in [2.24, 2.45) is 5.92 Å². The number of nitrogens with one attached hydrogen (secondary N) is 1. The molecular formula is C27H27NO5. The molecule has 3 aromatic rings. The van der Waals surface area contributed by atoms with Crippen molar-refractivity contribution >= 4 is 23.3 Å². The van der Waals surface area contributed by atoms with Crippen LogP contribution in [0.3, 0.4) is 0 Å². The van der Waals surface area contributed by atoms with Gasteiger partial charge in [-0.15, -0.1) is 0 Å². The average molecular weight is 446 g/mol. The van der Waals surface area contributed by atoms with E-state index >= 15 is 0 Å². The second kappa shape index (κ2) is 10.1. The van der Waals surface area contributed by atoms with Crippen LogP contribution in [0.4, 0.5) is 5.69 Å². The summed E-state index contributed by atoms with van der Waals surface area (Å²) in [5, 5.41) is 12.2. The molecule has 3 aromatic carbocycles. The topological polar surface area (TPSA) is 92.7 Å². The first-order chi connectivity index (χ1) is 15.7. The van der Waals surface area contributed by atoms with Gasteiger partial charge >= 0.3 is 5.97 Å². The molecule has 0 saturated carbocycles. The number of carbonyl (C=O) groups excluding carboxylic acids is 2. The zero-order valence-electron chi connectivity index (χ0n) is 19.1. The van der Waals surface area contributed by atoms with Gasteiger partial charge in [0.1, 0.15) is 11.5 Å². The van der Waals surface area contributed by atoms with Crippen LogP contribution in [0.25, 0.3) is 0 Å². The minimum absolute atomic E-state index is 0.0698. The van der Waals surface area contributed by atoms with Gasteiger partial charge in [0.25, 0.3) is 5.91 Å². The molecule has 2 N–H and O–H groups in total. The Morgan fingerprint density at radius 2 is 1.36 bits per heavy atom. The number of ether oxygens (including phenoxy) is 1. The molecule has 6 heteroatoms. The Hall–Kier alpha value is -3.93. The molecule has 1 amide bonds. The Bertz CT molecular complexity index is 1160. The minimum atomic E-state index is -1.24. The minimum Gasteiger partial charge on any atom is -0.478 e. The third kappa shape index (κ3) is 5.86.